The standard InChI is InChI=1S/C17H23NO4/c1-2-20-8-9-21-13-5-3-4-12(10-13)17(19)18-15-11-16-14(15)6-7-22-16/h3-5,10,14-16H,2,6-9,11H2,1H3,(H,18,19)/t14-,15+,16+/m0/s1. The smallest absolute Gasteiger partial charge is 0.251 e. The van der Waals surface area contributed by atoms with Crippen molar-refractivity contribution >= 4 is 5.91 Å². The number of benzene rings is 1. The first-order valence-electron chi connectivity index (χ1n) is 8.01. The first kappa shape index (κ1) is 15.3. The van der Waals surface area contributed by atoms with Gasteiger partial charge in [0.15, 0.2) is 0 Å². The third kappa shape index (κ3) is 3.42. The summed E-state index contributed by atoms with van der Waals surface area (Å²) in [7, 11) is 0. The maximum absolute atomic E-state index is 12.3. The van der Waals surface area contributed by atoms with Crippen LogP contribution in [0.5, 0.6) is 5.75 Å². The molecule has 1 saturated carbocycles. The predicted octanol–water partition coefficient (Wildman–Crippen LogP) is 2.01. The SMILES string of the molecule is CCOCCOc1cccc(C(=O)N[C@@H]2C[C@H]3OCC[C@@H]23)c1. The van der Waals surface area contributed by atoms with Gasteiger partial charge in [-0.3, -0.25) is 4.79 Å². The van der Waals surface area contributed by atoms with E-state index in [1.807, 2.05) is 25.1 Å². The molecule has 1 aliphatic carbocycles. The van der Waals surface area contributed by atoms with Crippen LogP contribution in [-0.4, -0.2) is 44.5 Å². The second-order valence-corrected chi connectivity index (χ2v) is 5.75. The van der Waals surface area contributed by atoms with Crippen molar-refractivity contribution in [3.05, 3.63) is 29.8 Å². The molecule has 1 aromatic carbocycles. The van der Waals surface area contributed by atoms with Crippen LogP contribution in [0.25, 0.3) is 0 Å². The third-order valence-electron chi connectivity index (χ3n) is 4.38. The van der Waals surface area contributed by atoms with E-state index in [-0.39, 0.29) is 11.9 Å². The van der Waals surface area contributed by atoms with Crippen LogP contribution in [0.2, 0.25) is 0 Å². The molecule has 5 nitrogen and oxygen atoms in total. The summed E-state index contributed by atoms with van der Waals surface area (Å²) in [4.78, 5) is 12.3. The van der Waals surface area contributed by atoms with E-state index in [9.17, 15) is 4.79 Å². The molecule has 1 amide bonds. The Labute approximate surface area is 130 Å². The summed E-state index contributed by atoms with van der Waals surface area (Å²) < 4.78 is 16.4. The Morgan fingerprint density at radius 2 is 2.32 bits per heavy atom. The van der Waals surface area contributed by atoms with Crippen LogP contribution in [0, 0.1) is 5.92 Å². The second kappa shape index (κ2) is 7.11. The van der Waals surface area contributed by atoms with Crippen molar-refractivity contribution in [2.45, 2.75) is 31.9 Å². The van der Waals surface area contributed by atoms with E-state index >= 15 is 0 Å². The van der Waals surface area contributed by atoms with Gasteiger partial charge in [-0.25, -0.2) is 0 Å². The Bertz CT molecular complexity index is 519. The second-order valence-electron chi connectivity index (χ2n) is 5.75. The molecule has 2 aliphatic rings. The highest BCUT2D eigenvalue weighted by molar-refractivity contribution is 5.94. The summed E-state index contributed by atoms with van der Waals surface area (Å²) in [6.07, 6.45) is 2.34. The van der Waals surface area contributed by atoms with Gasteiger partial charge in [0.1, 0.15) is 12.4 Å². The Hall–Kier alpha value is -1.59. The van der Waals surface area contributed by atoms with Crippen molar-refractivity contribution in [2.75, 3.05) is 26.4 Å². The highest BCUT2D eigenvalue weighted by Crippen LogP contribution is 2.38. The number of hydrogen-bond donors (Lipinski definition) is 1. The van der Waals surface area contributed by atoms with E-state index in [0.717, 1.165) is 19.4 Å². The number of carbonyl (C=O) groups is 1. The number of fused-ring (bicyclic) bond motifs is 1. The third-order valence-corrected chi connectivity index (χ3v) is 4.38. The van der Waals surface area contributed by atoms with Crippen molar-refractivity contribution in [3.8, 4) is 5.75 Å². The fraction of sp³-hybridized carbons (Fsp3) is 0.588. The average Bonchev–Trinajstić information content (AvgIpc) is 2.90. The topological polar surface area (TPSA) is 56.8 Å². The molecule has 0 aromatic heterocycles. The molecular weight excluding hydrogens is 282 g/mol. The molecule has 0 spiro atoms. The van der Waals surface area contributed by atoms with Crippen molar-refractivity contribution in [1.29, 1.82) is 0 Å². The van der Waals surface area contributed by atoms with E-state index in [1.54, 1.807) is 6.07 Å². The molecule has 22 heavy (non-hydrogen) atoms. The number of nitrogens with one attached hydrogen (secondary N) is 1. The number of hydrogen-bond acceptors (Lipinski definition) is 4. The largest absolute Gasteiger partial charge is 0.491 e. The van der Waals surface area contributed by atoms with Gasteiger partial charge in [-0.15, -0.1) is 0 Å². The van der Waals surface area contributed by atoms with E-state index in [4.69, 9.17) is 14.2 Å². The fourth-order valence-corrected chi connectivity index (χ4v) is 3.10. The van der Waals surface area contributed by atoms with Gasteiger partial charge >= 0.3 is 0 Å². The van der Waals surface area contributed by atoms with E-state index < -0.39 is 0 Å². The normalized spacial score (nSPS) is 26.1. The lowest BCUT2D eigenvalue weighted by Gasteiger charge is -2.39. The van der Waals surface area contributed by atoms with Gasteiger partial charge in [0.05, 0.1) is 12.7 Å². The highest BCUT2D eigenvalue weighted by atomic mass is 16.5. The van der Waals surface area contributed by atoms with Gasteiger partial charge in [-0.05, 0) is 38.0 Å². The van der Waals surface area contributed by atoms with Gasteiger partial charge in [0.2, 0.25) is 0 Å². The summed E-state index contributed by atoms with van der Waals surface area (Å²) >= 11 is 0. The molecule has 0 bridgehead atoms. The molecule has 3 rings (SSSR count). The van der Waals surface area contributed by atoms with Gasteiger partial charge in [-0.1, -0.05) is 6.07 Å². The maximum atomic E-state index is 12.3. The molecule has 1 N–H and O–H groups in total. The van der Waals surface area contributed by atoms with Crippen LogP contribution < -0.4 is 10.1 Å². The zero-order valence-corrected chi connectivity index (χ0v) is 12.9. The molecular formula is C17H23NO4. The lowest BCUT2D eigenvalue weighted by molar-refractivity contribution is 0.00809. The van der Waals surface area contributed by atoms with Gasteiger partial charge in [0, 0.05) is 30.7 Å². The van der Waals surface area contributed by atoms with Crippen molar-refractivity contribution in [2.24, 2.45) is 5.92 Å². The Morgan fingerprint density at radius 1 is 1.41 bits per heavy atom. The predicted molar refractivity (Wildman–Crippen MR) is 82.1 cm³/mol. The summed E-state index contributed by atoms with van der Waals surface area (Å²) in [6.45, 7) is 4.50. The fourth-order valence-electron chi connectivity index (χ4n) is 3.10. The van der Waals surface area contributed by atoms with Gasteiger partial charge < -0.3 is 19.5 Å². The minimum atomic E-state index is -0.0365. The van der Waals surface area contributed by atoms with Crippen molar-refractivity contribution < 1.29 is 19.0 Å². The van der Waals surface area contributed by atoms with Gasteiger partial charge in [0.25, 0.3) is 5.91 Å². The zero-order chi connectivity index (χ0) is 15.4. The molecule has 5 heteroatoms. The van der Waals surface area contributed by atoms with E-state index in [2.05, 4.69) is 5.32 Å². The van der Waals surface area contributed by atoms with E-state index in [0.29, 0.717) is 43.2 Å². The van der Waals surface area contributed by atoms with E-state index in [1.165, 1.54) is 0 Å². The first-order valence-corrected chi connectivity index (χ1v) is 8.01. The minimum Gasteiger partial charge on any atom is -0.491 e. The Balaban J connectivity index is 1.51. The molecule has 2 fully saturated rings. The van der Waals surface area contributed by atoms with Crippen LogP contribution in [0.1, 0.15) is 30.1 Å². The summed E-state index contributed by atoms with van der Waals surface area (Å²) in [5, 5.41) is 3.11. The molecule has 1 aromatic rings. The maximum Gasteiger partial charge on any atom is 0.251 e. The van der Waals surface area contributed by atoms with Crippen molar-refractivity contribution in [1.82, 2.24) is 5.32 Å². The number of amides is 1. The Morgan fingerprint density at radius 3 is 3.14 bits per heavy atom. The monoisotopic (exact) mass is 305 g/mol. The zero-order valence-electron chi connectivity index (χ0n) is 12.9. The number of rotatable bonds is 7. The molecule has 120 valence electrons. The Kier molecular flexibility index (Phi) is 4.95. The lowest BCUT2D eigenvalue weighted by Crippen LogP contribution is -2.53. The molecule has 1 aliphatic heterocycles. The minimum absolute atomic E-state index is 0.0365. The molecule has 0 unspecified atom stereocenters. The first-order chi connectivity index (χ1) is 10.8. The van der Waals surface area contributed by atoms with Crippen molar-refractivity contribution in [3.63, 3.8) is 0 Å². The highest BCUT2D eigenvalue weighted by Gasteiger charge is 2.45. The summed E-state index contributed by atoms with van der Waals surface area (Å²) in [5.74, 6) is 1.16. The number of carbonyl (C=O) groups excluding carboxylic acids is 1. The molecule has 1 heterocycles. The number of ether oxygens (including phenoxy) is 3. The van der Waals surface area contributed by atoms with Crippen LogP contribution in [-0.2, 0) is 9.47 Å². The molecule has 0 radical (unpaired) electrons. The van der Waals surface area contributed by atoms with Gasteiger partial charge in [-0.2, -0.15) is 0 Å². The molecule has 1 saturated heterocycles. The summed E-state index contributed by atoms with van der Waals surface area (Å²) in [6, 6.07) is 7.54. The van der Waals surface area contributed by atoms with Crippen LogP contribution in [0.3, 0.4) is 0 Å². The lowest BCUT2D eigenvalue weighted by atomic mass is 9.76. The average molecular weight is 305 g/mol. The van der Waals surface area contributed by atoms with Crippen LogP contribution in [0.4, 0.5) is 0 Å². The molecule has 3 atom stereocenters. The quantitative estimate of drug-likeness (QED) is 0.783. The summed E-state index contributed by atoms with van der Waals surface area (Å²) in [5.41, 5.74) is 0.635. The van der Waals surface area contributed by atoms with Crippen LogP contribution in [0.15, 0.2) is 24.3 Å². The van der Waals surface area contributed by atoms with Crippen LogP contribution >= 0.6 is 0 Å².